The lowest BCUT2D eigenvalue weighted by molar-refractivity contribution is -0.144. The number of esters is 1. The molecule has 0 aromatic carbocycles. The monoisotopic (exact) mass is 323 g/mol. The Kier molecular flexibility index (Phi) is 5.63. The summed E-state index contributed by atoms with van der Waals surface area (Å²) in [4.78, 5) is 25.8. The van der Waals surface area contributed by atoms with Gasteiger partial charge in [-0.15, -0.1) is 0 Å². The molecule has 1 aliphatic rings. The van der Waals surface area contributed by atoms with Crippen molar-refractivity contribution in [3.8, 4) is 0 Å². The fourth-order valence-electron chi connectivity index (χ4n) is 2.63. The second-order valence-corrected chi connectivity index (χ2v) is 6.08. The summed E-state index contributed by atoms with van der Waals surface area (Å²) < 4.78 is 10.3. The van der Waals surface area contributed by atoms with Crippen LogP contribution in [0, 0.1) is 0 Å². The first-order chi connectivity index (χ1) is 10.9. The van der Waals surface area contributed by atoms with Gasteiger partial charge in [-0.3, -0.25) is 0 Å². The summed E-state index contributed by atoms with van der Waals surface area (Å²) >= 11 is 0. The molecule has 0 aliphatic carbocycles. The van der Waals surface area contributed by atoms with Crippen molar-refractivity contribution in [2.45, 2.75) is 58.5 Å². The van der Waals surface area contributed by atoms with Gasteiger partial charge < -0.3 is 19.5 Å². The van der Waals surface area contributed by atoms with Gasteiger partial charge in [0.1, 0.15) is 6.04 Å². The molecule has 23 heavy (non-hydrogen) atoms. The van der Waals surface area contributed by atoms with Gasteiger partial charge in [-0.05, 0) is 32.6 Å². The Morgan fingerprint density at radius 3 is 2.83 bits per heavy atom. The molecule has 0 unspecified atom stereocenters. The van der Waals surface area contributed by atoms with Crippen LogP contribution in [-0.2, 0) is 9.53 Å². The summed E-state index contributed by atoms with van der Waals surface area (Å²) in [6.45, 7) is 8.36. The highest BCUT2D eigenvalue weighted by molar-refractivity contribution is 5.83. The number of rotatable bonds is 5. The lowest BCUT2D eigenvalue weighted by atomic mass is 10.1. The second kappa shape index (κ2) is 7.48. The molecule has 7 nitrogen and oxygen atoms in total. The van der Waals surface area contributed by atoms with E-state index in [-0.39, 0.29) is 18.0 Å². The minimum Gasteiger partial charge on any atom is -0.464 e. The van der Waals surface area contributed by atoms with Gasteiger partial charge in [0.25, 0.3) is 0 Å². The minimum atomic E-state index is -0.676. The van der Waals surface area contributed by atoms with Gasteiger partial charge in [-0.2, -0.15) is 0 Å². The largest absolute Gasteiger partial charge is 0.464 e. The zero-order valence-electron chi connectivity index (χ0n) is 14.2. The van der Waals surface area contributed by atoms with Crippen molar-refractivity contribution in [1.29, 1.82) is 0 Å². The van der Waals surface area contributed by atoms with Gasteiger partial charge in [0.2, 0.25) is 0 Å². The molecule has 0 saturated carbocycles. The Bertz CT molecular complexity index is 555. The van der Waals surface area contributed by atoms with E-state index in [2.05, 4.69) is 10.5 Å². The van der Waals surface area contributed by atoms with Crippen molar-refractivity contribution < 1.29 is 18.8 Å². The summed E-state index contributed by atoms with van der Waals surface area (Å²) in [5.74, 6) is 0.545. The highest BCUT2D eigenvalue weighted by Gasteiger charge is 2.34. The second-order valence-electron chi connectivity index (χ2n) is 6.08. The normalized spacial score (nSPS) is 19.0. The molecule has 1 aliphatic heterocycles. The van der Waals surface area contributed by atoms with Crippen molar-refractivity contribution in [3.05, 3.63) is 17.5 Å². The standard InChI is InChI=1S/C16H25N3O4/c1-5-22-15(20)11(4)17-16(21)19-8-6-7-13(19)14-9-12(10(2)3)18-23-14/h9-11,13H,5-8H2,1-4H3,(H,17,21)/t11-,13-/m1/s1. The van der Waals surface area contributed by atoms with Crippen LogP contribution >= 0.6 is 0 Å². The number of amides is 2. The Balaban J connectivity index is 2.02. The van der Waals surface area contributed by atoms with Crippen LogP contribution in [0.25, 0.3) is 0 Å². The maximum absolute atomic E-state index is 12.4. The van der Waals surface area contributed by atoms with Crippen LogP contribution in [-0.4, -0.2) is 41.3 Å². The summed E-state index contributed by atoms with van der Waals surface area (Å²) in [6.07, 6.45) is 1.72. The van der Waals surface area contributed by atoms with E-state index in [1.807, 2.05) is 19.9 Å². The third-order valence-corrected chi connectivity index (χ3v) is 3.96. The molecule has 0 bridgehead atoms. The quantitative estimate of drug-likeness (QED) is 0.842. The molecule has 2 rings (SSSR count). The zero-order chi connectivity index (χ0) is 17.0. The van der Waals surface area contributed by atoms with Crippen LogP contribution in [0.15, 0.2) is 10.6 Å². The van der Waals surface area contributed by atoms with Crippen LogP contribution in [0.2, 0.25) is 0 Å². The predicted molar refractivity (Wildman–Crippen MR) is 83.9 cm³/mol. The molecule has 1 aromatic rings. The van der Waals surface area contributed by atoms with Crippen molar-refractivity contribution in [3.63, 3.8) is 0 Å². The number of likely N-dealkylation sites (tertiary alicyclic amines) is 1. The molecule has 1 aromatic heterocycles. The lowest BCUT2D eigenvalue weighted by Crippen LogP contribution is -2.46. The molecule has 0 spiro atoms. The molecule has 2 atom stereocenters. The first-order valence-corrected chi connectivity index (χ1v) is 8.14. The number of carbonyl (C=O) groups excluding carboxylic acids is 2. The Morgan fingerprint density at radius 1 is 1.48 bits per heavy atom. The molecule has 1 fully saturated rings. The number of hydrogen-bond donors (Lipinski definition) is 1. The van der Waals surface area contributed by atoms with Gasteiger partial charge >= 0.3 is 12.0 Å². The highest BCUT2D eigenvalue weighted by atomic mass is 16.5. The van der Waals surface area contributed by atoms with Gasteiger partial charge in [-0.1, -0.05) is 19.0 Å². The molecular weight excluding hydrogens is 298 g/mol. The van der Waals surface area contributed by atoms with Gasteiger partial charge in [0.15, 0.2) is 5.76 Å². The first-order valence-electron chi connectivity index (χ1n) is 8.14. The van der Waals surface area contributed by atoms with Crippen LogP contribution < -0.4 is 5.32 Å². The summed E-state index contributed by atoms with van der Waals surface area (Å²) in [5.41, 5.74) is 0.882. The van der Waals surface area contributed by atoms with E-state index >= 15 is 0 Å². The average Bonchev–Trinajstić information content (AvgIpc) is 3.15. The number of aromatic nitrogens is 1. The van der Waals surface area contributed by atoms with E-state index in [4.69, 9.17) is 9.26 Å². The van der Waals surface area contributed by atoms with Gasteiger partial charge in [-0.25, -0.2) is 9.59 Å². The zero-order valence-corrected chi connectivity index (χ0v) is 14.2. The Morgan fingerprint density at radius 2 is 2.22 bits per heavy atom. The maximum Gasteiger partial charge on any atom is 0.328 e. The van der Waals surface area contributed by atoms with Crippen molar-refractivity contribution in [2.75, 3.05) is 13.2 Å². The van der Waals surface area contributed by atoms with Gasteiger partial charge in [0, 0.05) is 12.6 Å². The number of urea groups is 1. The van der Waals surface area contributed by atoms with Crippen LogP contribution in [0.4, 0.5) is 4.79 Å². The van der Waals surface area contributed by atoms with Crippen LogP contribution in [0.1, 0.15) is 64.0 Å². The van der Waals surface area contributed by atoms with Crippen LogP contribution in [0.5, 0.6) is 0 Å². The first kappa shape index (κ1) is 17.3. The fraction of sp³-hybridized carbons (Fsp3) is 0.688. The Hall–Kier alpha value is -2.05. The number of ether oxygens (including phenoxy) is 1. The number of nitrogens with one attached hydrogen (secondary N) is 1. The van der Waals surface area contributed by atoms with E-state index in [9.17, 15) is 9.59 Å². The van der Waals surface area contributed by atoms with Crippen LogP contribution in [0.3, 0.4) is 0 Å². The van der Waals surface area contributed by atoms with E-state index < -0.39 is 12.0 Å². The molecule has 1 N–H and O–H groups in total. The number of carbonyl (C=O) groups is 2. The summed E-state index contributed by atoms with van der Waals surface area (Å²) in [5, 5.41) is 6.75. The Labute approximate surface area is 136 Å². The smallest absolute Gasteiger partial charge is 0.328 e. The van der Waals surface area contributed by atoms with E-state index in [1.54, 1.807) is 18.7 Å². The van der Waals surface area contributed by atoms with E-state index in [1.165, 1.54) is 0 Å². The molecule has 128 valence electrons. The van der Waals surface area contributed by atoms with Crippen molar-refractivity contribution in [1.82, 2.24) is 15.4 Å². The average molecular weight is 323 g/mol. The molecule has 2 heterocycles. The summed E-state index contributed by atoms with van der Waals surface area (Å²) in [6, 6.07) is 0.819. The van der Waals surface area contributed by atoms with E-state index in [0.717, 1.165) is 18.5 Å². The van der Waals surface area contributed by atoms with Gasteiger partial charge in [0.05, 0.1) is 18.3 Å². The number of nitrogens with zero attached hydrogens (tertiary/aromatic N) is 2. The fourth-order valence-corrected chi connectivity index (χ4v) is 2.63. The van der Waals surface area contributed by atoms with Crippen molar-refractivity contribution in [2.24, 2.45) is 0 Å². The summed E-state index contributed by atoms with van der Waals surface area (Å²) in [7, 11) is 0. The predicted octanol–water partition coefficient (Wildman–Crippen LogP) is 2.60. The SMILES string of the molecule is CCOC(=O)[C@@H](C)NC(=O)N1CCC[C@@H]1c1cc(C(C)C)no1. The highest BCUT2D eigenvalue weighted by Crippen LogP contribution is 2.33. The molecule has 1 saturated heterocycles. The number of hydrogen-bond acceptors (Lipinski definition) is 5. The topological polar surface area (TPSA) is 84.7 Å². The molecule has 0 radical (unpaired) electrons. The van der Waals surface area contributed by atoms with Crippen molar-refractivity contribution >= 4 is 12.0 Å². The third kappa shape index (κ3) is 4.03. The molecule has 7 heteroatoms. The third-order valence-electron chi connectivity index (χ3n) is 3.96. The minimum absolute atomic E-state index is 0.135. The molecular formula is C16H25N3O4. The lowest BCUT2D eigenvalue weighted by Gasteiger charge is -2.24. The molecule has 2 amide bonds. The van der Waals surface area contributed by atoms with E-state index in [0.29, 0.717) is 18.9 Å². The maximum atomic E-state index is 12.4.